The maximum absolute atomic E-state index is 12.5. The Labute approximate surface area is 137 Å². The first kappa shape index (κ1) is 15.6. The molecule has 0 saturated heterocycles. The number of carbonyl (C=O) groups excluding carboxylic acids is 1. The zero-order valence-electron chi connectivity index (χ0n) is 12.9. The Morgan fingerprint density at radius 3 is 2.96 bits per heavy atom. The van der Waals surface area contributed by atoms with Gasteiger partial charge in [-0.05, 0) is 23.4 Å². The van der Waals surface area contributed by atoms with Crippen LogP contribution in [-0.2, 0) is 4.79 Å². The van der Waals surface area contributed by atoms with Crippen molar-refractivity contribution < 1.29 is 9.53 Å². The molecule has 1 aromatic heterocycles. The van der Waals surface area contributed by atoms with E-state index in [1.54, 1.807) is 7.11 Å². The Balaban J connectivity index is 2.11. The topological polar surface area (TPSA) is 84.1 Å². The minimum Gasteiger partial charge on any atom is -0.497 e. The SMILES string of the molecule is CCSc1nc2c(c(=O)[nH]1)[C@H](c1cccc(OC)c1)CC(=O)N2. The molecule has 0 fully saturated rings. The molecule has 0 unspecified atom stereocenters. The van der Waals surface area contributed by atoms with Gasteiger partial charge < -0.3 is 15.0 Å². The summed E-state index contributed by atoms with van der Waals surface area (Å²) in [5.74, 6) is 1.36. The maximum atomic E-state index is 12.5. The van der Waals surface area contributed by atoms with Crippen LogP contribution >= 0.6 is 11.8 Å². The van der Waals surface area contributed by atoms with Gasteiger partial charge in [-0.3, -0.25) is 9.59 Å². The average molecular weight is 331 g/mol. The van der Waals surface area contributed by atoms with Crippen molar-refractivity contribution in [1.82, 2.24) is 9.97 Å². The van der Waals surface area contributed by atoms with Gasteiger partial charge in [0.2, 0.25) is 5.91 Å². The van der Waals surface area contributed by atoms with E-state index < -0.39 is 0 Å². The molecule has 1 aliphatic heterocycles. The van der Waals surface area contributed by atoms with E-state index in [9.17, 15) is 9.59 Å². The number of aromatic amines is 1. The summed E-state index contributed by atoms with van der Waals surface area (Å²) in [6.45, 7) is 1.97. The Morgan fingerprint density at radius 2 is 2.22 bits per heavy atom. The van der Waals surface area contributed by atoms with Crippen molar-refractivity contribution >= 4 is 23.5 Å². The maximum Gasteiger partial charge on any atom is 0.257 e. The van der Waals surface area contributed by atoms with E-state index in [0.717, 1.165) is 11.3 Å². The van der Waals surface area contributed by atoms with Crippen LogP contribution in [0.2, 0.25) is 0 Å². The first-order chi connectivity index (χ1) is 11.1. The summed E-state index contributed by atoms with van der Waals surface area (Å²) < 4.78 is 5.24. The molecular formula is C16H17N3O3S. The number of nitrogens with zero attached hydrogens (tertiary/aromatic N) is 1. The molecule has 1 aliphatic rings. The number of methoxy groups -OCH3 is 1. The number of nitrogens with one attached hydrogen (secondary N) is 2. The number of benzene rings is 1. The Kier molecular flexibility index (Phi) is 4.38. The minimum atomic E-state index is -0.328. The van der Waals surface area contributed by atoms with E-state index in [4.69, 9.17) is 4.74 Å². The second-order valence-electron chi connectivity index (χ2n) is 5.15. The number of rotatable bonds is 4. The molecule has 0 radical (unpaired) electrons. The Bertz CT molecular complexity index is 803. The highest BCUT2D eigenvalue weighted by Crippen LogP contribution is 2.35. The zero-order valence-corrected chi connectivity index (χ0v) is 13.7. The fraction of sp³-hybridized carbons (Fsp3) is 0.312. The third-order valence-electron chi connectivity index (χ3n) is 3.71. The summed E-state index contributed by atoms with van der Waals surface area (Å²) in [4.78, 5) is 31.7. The van der Waals surface area contributed by atoms with Crippen LogP contribution in [0.5, 0.6) is 5.75 Å². The van der Waals surface area contributed by atoms with Gasteiger partial charge in [0.25, 0.3) is 5.56 Å². The van der Waals surface area contributed by atoms with Crippen molar-refractivity contribution in [2.45, 2.75) is 24.4 Å². The van der Waals surface area contributed by atoms with E-state index in [0.29, 0.717) is 22.3 Å². The van der Waals surface area contributed by atoms with Crippen molar-refractivity contribution in [3.05, 3.63) is 45.7 Å². The summed E-state index contributed by atoms with van der Waals surface area (Å²) in [6.07, 6.45) is 0.213. The van der Waals surface area contributed by atoms with Crippen molar-refractivity contribution in [3.8, 4) is 5.75 Å². The van der Waals surface area contributed by atoms with Gasteiger partial charge in [0.15, 0.2) is 5.16 Å². The Hall–Kier alpha value is -2.28. The van der Waals surface area contributed by atoms with Gasteiger partial charge in [-0.15, -0.1) is 0 Å². The third-order valence-corrected chi connectivity index (χ3v) is 4.46. The molecule has 0 spiro atoms. The number of hydrogen-bond donors (Lipinski definition) is 2. The average Bonchev–Trinajstić information content (AvgIpc) is 2.54. The highest BCUT2D eigenvalue weighted by Gasteiger charge is 2.31. The van der Waals surface area contributed by atoms with E-state index in [1.165, 1.54) is 11.8 Å². The normalized spacial score (nSPS) is 16.6. The number of amides is 1. The molecule has 120 valence electrons. The van der Waals surface area contributed by atoms with E-state index in [2.05, 4.69) is 15.3 Å². The fourth-order valence-corrected chi connectivity index (χ4v) is 3.29. The molecular weight excluding hydrogens is 314 g/mol. The second kappa shape index (κ2) is 6.45. The summed E-state index contributed by atoms with van der Waals surface area (Å²) >= 11 is 1.43. The zero-order chi connectivity index (χ0) is 16.4. The van der Waals surface area contributed by atoms with Crippen LogP contribution in [0, 0.1) is 0 Å². The van der Waals surface area contributed by atoms with Crippen LogP contribution in [0.3, 0.4) is 0 Å². The lowest BCUT2D eigenvalue weighted by Gasteiger charge is -2.24. The molecule has 2 heterocycles. The standard InChI is InChI=1S/C16H17N3O3S/c1-3-23-16-18-14-13(15(21)19-16)11(8-12(20)17-14)9-5-4-6-10(7-9)22-2/h4-7,11H,3,8H2,1-2H3,(H2,17,18,19,20,21)/t11-/m0/s1. The highest BCUT2D eigenvalue weighted by molar-refractivity contribution is 7.99. The van der Waals surface area contributed by atoms with Crippen molar-refractivity contribution in [3.63, 3.8) is 0 Å². The van der Waals surface area contributed by atoms with Gasteiger partial charge in [0, 0.05) is 12.3 Å². The van der Waals surface area contributed by atoms with E-state index in [1.807, 2.05) is 31.2 Å². The quantitative estimate of drug-likeness (QED) is 0.664. The monoisotopic (exact) mass is 331 g/mol. The first-order valence-electron chi connectivity index (χ1n) is 7.33. The smallest absolute Gasteiger partial charge is 0.257 e. The highest BCUT2D eigenvalue weighted by atomic mass is 32.2. The number of hydrogen-bond acceptors (Lipinski definition) is 5. The van der Waals surface area contributed by atoms with Crippen molar-refractivity contribution in [1.29, 1.82) is 0 Å². The number of ether oxygens (including phenoxy) is 1. The number of fused-ring (bicyclic) bond motifs is 1. The van der Waals surface area contributed by atoms with Crippen LogP contribution in [-0.4, -0.2) is 28.7 Å². The van der Waals surface area contributed by atoms with Gasteiger partial charge in [0.1, 0.15) is 11.6 Å². The lowest BCUT2D eigenvalue weighted by molar-refractivity contribution is -0.116. The largest absolute Gasteiger partial charge is 0.497 e. The van der Waals surface area contributed by atoms with Crippen LogP contribution in [0.4, 0.5) is 5.82 Å². The number of thioether (sulfide) groups is 1. The molecule has 0 bridgehead atoms. The third kappa shape index (κ3) is 3.10. The van der Waals surface area contributed by atoms with Gasteiger partial charge in [0.05, 0.1) is 12.7 Å². The molecule has 3 rings (SSSR count). The summed E-state index contributed by atoms with van der Waals surface area (Å²) in [5, 5.41) is 3.23. The second-order valence-corrected chi connectivity index (χ2v) is 6.40. The van der Waals surface area contributed by atoms with Crippen LogP contribution < -0.4 is 15.6 Å². The van der Waals surface area contributed by atoms with Gasteiger partial charge in [-0.1, -0.05) is 30.8 Å². The van der Waals surface area contributed by atoms with Crippen LogP contribution in [0.25, 0.3) is 0 Å². The molecule has 7 heteroatoms. The number of aromatic nitrogens is 2. The summed E-state index contributed by atoms with van der Waals surface area (Å²) in [6, 6.07) is 7.42. The number of H-pyrrole nitrogens is 1. The van der Waals surface area contributed by atoms with Crippen LogP contribution in [0.1, 0.15) is 30.4 Å². The molecule has 1 amide bonds. The Morgan fingerprint density at radius 1 is 1.39 bits per heavy atom. The minimum absolute atomic E-state index is 0.143. The van der Waals surface area contributed by atoms with Crippen molar-refractivity contribution in [2.75, 3.05) is 18.2 Å². The molecule has 6 nitrogen and oxygen atoms in total. The lowest BCUT2D eigenvalue weighted by atomic mass is 9.87. The molecule has 0 aliphatic carbocycles. The number of carbonyl (C=O) groups is 1. The van der Waals surface area contributed by atoms with Gasteiger partial charge in [-0.25, -0.2) is 4.98 Å². The van der Waals surface area contributed by atoms with Gasteiger partial charge in [-0.2, -0.15) is 0 Å². The molecule has 2 aromatic rings. The van der Waals surface area contributed by atoms with Gasteiger partial charge >= 0.3 is 0 Å². The van der Waals surface area contributed by atoms with Crippen LogP contribution in [0.15, 0.2) is 34.2 Å². The summed E-state index contributed by atoms with van der Waals surface area (Å²) in [7, 11) is 1.59. The summed E-state index contributed by atoms with van der Waals surface area (Å²) in [5.41, 5.74) is 1.15. The first-order valence-corrected chi connectivity index (χ1v) is 8.31. The predicted octanol–water partition coefficient (Wildman–Crippen LogP) is 2.36. The van der Waals surface area contributed by atoms with Crippen molar-refractivity contribution in [2.24, 2.45) is 0 Å². The molecule has 23 heavy (non-hydrogen) atoms. The molecule has 2 N–H and O–H groups in total. The lowest BCUT2D eigenvalue weighted by Crippen LogP contribution is -2.31. The predicted molar refractivity (Wildman–Crippen MR) is 89.3 cm³/mol. The van der Waals surface area contributed by atoms with E-state index >= 15 is 0 Å². The molecule has 1 aromatic carbocycles. The fourth-order valence-electron chi connectivity index (χ4n) is 2.70. The van der Waals surface area contributed by atoms with E-state index in [-0.39, 0.29) is 23.8 Å². The molecule has 0 saturated carbocycles. The molecule has 1 atom stereocenters. The number of anilines is 1.